The summed E-state index contributed by atoms with van der Waals surface area (Å²) in [5.74, 6) is 0.437. The van der Waals surface area contributed by atoms with E-state index in [2.05, 4.69) is 15.9 Å². The molecule has 0 unspecified atom stereocenters. The van der Waals surface area contributed by atoms with Crippen molar-refractivity contribution in [2.24, 2.45) is 7.05 Å². The summed E-state index contributed by atoms with van der Waals surface area (Å²) in [5, 5.41) is 0. The fourth-order valence-corrected chi connectivity index (χ4v) is 3.20. The Labute approximate surface area is 153 Å². The number of rotatable bonds is 5. The highest BCUT2D eigenvalue weighted by atomic mass is 79.9. The summed E-state index contributed by atoms with van der Waals surface area (Å²) in [4.78, 5) is 24.3. The molecule has 0 aliphatic rings. The highest BCUT2D eigenvalue weighted by Crippen LogP contribution is 2.22. The zero-order chi connectivity index (χ0) is 18.0. The molecule has 1 heterocycles. The molecular weight excluding hydrogens is 384 g/mol. The van der Waals surface area contributed by atoms with Gasteiger partial charge in [0.1, 0.15) is 16.8 Å². The average molecular weight is 401 g/mol. The van der Waals surface area contributed by atoms with Gasteiger partial charge in [0.25, 0.3) is 5.56 Å². The fourth-order valence-electron chi connectivity index (χ4n) is 2.66. The number of carbonyl (C=O) groups is 1. The molecule has 3 rings (SSSR count). The van der Waals surface area contributed by atoms with Crippen molar-refractivity contribution in [3.05, 3.63) is 80.7 Å². The molecule has 0 bridgehead atoms. The monoisotopic (exact) mass is 400 g/mol. The van der Waals surface area contributed by atoms with Crippen LogP contribution in [0.2, 0.25) is 0 Å². The largest absolute Gasteiger partial charge is 0.487 e. The zero-order valence-electron chi connectivity index (χ0n) is 13.9. The predicted molar refractivity (Wildman–Crippen MR) is 99.5 cm³/mol. The van der Waals surface area contributed by atoms with Crippen molar-refractivity contribution in [3.8, 4) is 11.4 Å². The van der Waals surface area contributed by atoms with Crippen molar-refractivity contribution in [3.63, 3.8) is 0 Å². The SMILES string of the molecule is CC(=O)c1ccccc1OCc1c(Br)c(=O)n(-c2ccccc2)n1C. The first-order valence-corrected chi connectivity index (χ1v) is 8.54. The van der Waals surface area contributed by atoms with Gasteiger partial charge in [-0.1, -0.05) is 30.3 Å². The Balaban J connectivity index is 1.95. The molecule has 0 amide bonds. The van der Waals surface area contributed by atoms with Crippen LogP contribution in [0.15, 0.2) is 63.9 Å². The number of Topliss-reactive ketones (excluding diaryl/α,β-unsaturated/α-hetero) is 1. The van der Waals surface area contributed by atoms with Crippen LogP contribution in [0.1, 0.15) is 23.0 Å². The van der Waals surface area contributed by atoms with E-state index in [1.807, 2.05) is 36.4 Å². The van der Waals surface area contributed by atoms with E-state index in [-0.39, 0.29) is 17.9 Å². The summed E-state index contributed by atoms with van der Waals surface area (Å²) >= 11 is 3.37. The lowest BCUT2D eigenvalue weighted by atomic mass is 10.1. The first kappa shape index (κ1) is 17.2. The van der Waals surface area contributed by atoms with Gasteiger partial charge in [0.15, 0.2) is 5.78 Å². The number of aromatic nitrogens is 2. The third-order valence-electron chi connectivity index (χ3n) is 3.96. The van der Waals surface area contributed by atoms with Crippen molar-refractivity contribution >= 4 is 21.7 Å². The van der Waals surface area contributed by atoms with Crippen LogP contribution >= 0.6 is 15.9 Å². The molecule has 0 spiro atoms. The highest BCUT2D eigenvalue weighted by Gasteiger charge is 2.18. The van der Waals surface area contributed by atoms with Gasteiger partial charge in [-0.25, -0.2) is 4.68 Å². The summed E-state index contributed by atoms with van der Waals surface area (Å²) < 4.78 is 9.59. The third kappa shape index (κ3) is 3.30. The lowest BCUT2D eigenvalue weighted by molar-refractivity contribution is 0.101. The molecule has 2 aromatic carbocycles. The van der Waals surface area contributed by atoms with Gasteiger partial charge in [-0.2, -0.15) is 0 Å². The number of ketones is 1. The second kappa shape index (κ2) is 7.11. The Morgan fingerprint density at radius 3 is 2.40 bits per heavy atom. The molecule has 6 heteroatoms. The third-order valence-corrected chi connectivity index (χ3v) is 4.75. The van der Waals surface area contributed by atoms with E-state index in [0.29, 0.717) is 21.5 Å². The van der Waals surface area contributed by atoms with E-state index >= 15 is 0 Å². The minimum absolute atomic E-state index is 0.0644. The minimum Gasteiger partial charge on any atom is -0.487 e. The maximum absolute atomic E-state index is 12.6. The van der Waals surface area contributed by atoms with E-state index in [4.69, 9.17) is 4.74 Å². The van der Waals surface area contributed by atoms with Crippen LogP contribution < -0.4 is 10.3 Å². The minimum atomic E-state index is -0.160. The highest BCUT2D eigenvalue weighted by molar-refractivity contribution is 9.10. The Morgan fingerprint density at radius 2 is 1.72 bits per heavy atom. The van der Waals surface area contributed by atoms with Gasteiger partial charge in [0.05, 0.1) is 16.9 Å². The fraction of sp³-hybridized carbons (Fsp3) is 0.158. The van der Waals surface area contributed by atoms with Gasteiger partial charge in [0, 0.05) is 7.05 Å². The maximum atomic E-state index is 12.6. The Hall–Kier alpha value is -2.60. The quantitative estimate of drug-likeness (QED) is 0.613. The average Bonchev–Trinajstić information content (AvgIpc) is 2.83. The van der Waals surface area contributed by atoms with Gasteiger partial charge in [-0.15, -0.1) is 0 Å². The molecule has 25 heavy (non-hydrogen) atoms. The van der Waals surface area contributed by atoms with Crippen LogP contribution in [0.4, 0.5) is 0 Å². The van der Waals surface area contributed by atoms with Crippen LogP contribution in [0.5, 0.6) is 5.75 Å². The summed E-state index contributed by atoms with van der Waals surface area (Å²) in [7, 11) is 1.80. The van der Waals surface area contributed by atoms with Crippen LogP contribution in [0.25, 0.3) is 5.69 Å². The number of carbonyl (C=O) groups excluding carboxylic acids is 1. The van der Waals surface area contributed by atoms with E-state index in [1.165, 1.54) is 6.92 Å². The number of para-hydroxylation sites is 2. The number of nitrogens with zero attached hydrogens (tertiary/aromatic N) is 2. The van der Waals surface area contributed by atoms with Crippen molar-refractivity contribution in [1.82, 2.24) is 9.36 Å². The normalized spacial score (nSPS) is 10.7. The number of hydrogen-bond donors (Lipinski definition) is 0. The molecule has 1 aromatic heterocycles. The Kier molecular flexibility index (Phi) is 4.90. The molecule has 0 fully saturated rings. The second-order valence-corrected chi connectivity index (χ2v) is 6.37. The molecule has 0 saturated heterocycles. The van der Waals surface area contributed by atoms with Crippen LogP contribution in [-0.2, 0) is 13.7 Å². The summed E-state index contributed by atoms with van der Waals surface area (Å²) in [6, 6.07) is 16.5. The van der Waals surface area contributed by atoms with Gasteiger partial charge < -0.3 is 4.74 Å². The first-order valence-electron chi connectivity index (χ1n) is 7.75. The molecule has 3 aromatic rings. The summed E-state index contributed by atoms with van der Waals surface area (Å²) in [6.07, 6.45) is 0. The van der Waals surface area contributed by atoms with Gasteiger partial charge in [-0.3, -0.25) is 14.3 Å². The van der Waals surface area contributed by atoms with Crippen LogP contribution in [-0.4, -0.2) is 15.1 Å². The van der Waals surface area contributed by atoms with Gasteiger partial charge in [-0.05, 0) is 47.1 Å². The van der Waals surface area contributed by atoms with Crippen molar-refractivity contribution in [2.45, 2.75) is 13.5 Å². The topological polar surface area (TPSA) is 53.2 Å². The lowest BCUT2D eigenvalue weighted by Gasteiger charge is -2.12. The molecular formula is C19H17BrN2O3. The van der Waals surface area contributed by atoms with E-state index in [0.717, 1.165) is 5.69 Å². The molecule has 0 atom stereocenters. The number of ether oxygens (including phenoxy) is 1. The van der Waals surface area contributed by atoms with E-state index in [1.54, 1.807) is 34.6 Å². The van der Waals surface area contributed by atoms with Crippen molar-refractivity contribution < 1.29 is 9.53 Å². The lowest BCUT2D eigenvalue weighted by Crippen LogP contribution is -2.19. The van der Waals surface area contributed by atoms with Gasteiger partial charge >= 0.3 is 0 Å². The molecule has 0 saturated carbocycles. The number of benzene rings is 2. The van der Waals surface area contributed by atoms with Crippen LogP contribution in [0, 0.1) is 0 Å². The second-order valence-electron chi connectivity index (χ2n) is 5.58. The maximum Gasteiger partial charge on any atom is 0.286 e. The zero-order valence-corrected chi connectivity index (χ0v) is 15.5. The summed E-state index contributed by atoms with van der Waals surface area (Å²) in [5.41, 5.74) is 1.82. The number of hydrogen-bond acceptors (Lipinski definition) is 3. The molecule has 128 valence electrons. The first-order chi connectivity index (χ1) is 12.0. The Bertz CT molecular complexity index is 974. The van der Waals surface area contributed by atoms with E-state index < -0.39 is 0 Å². The van der Waals surface area contributed by atoms with E-state index in [9.17, 15) is 9.59 Å². The van der Waals surface area contributed by atoms with Crippen molar-refractivity contribution in [1.29, 1.82) is 0 Å². The summed E-state index contributed by atoms with van der Waals surface area (Å²) in [6.45, 7) is 1.66. The molecule has 5 nitrogen and oxygen atoms in total. The predicted octanol–water partition coefficient (Wildman–Crippen LogP) is 3.72. The standard InChI is InChI=1S/C19H17BrN2O3/c1-13(23)15-10-6-7-11-17(15)25-12-16-18(20)19(24)22(21(16)2)14-8-4-3-5-9-14/h3-11H,12H2,1-2H3. The molecule has 0 radical (unpaired) electrons. The smallest absolute Gasteiger partial charge is 0.286 e. The number of halogens is 1. The Morgan fingerprint density at radius 1 is 1.08 bits per heavy atom. The molecule has 0 N–H and O–H groups in total. The van der Waals surface area contributed by atoms with Gasteiger partial charge in [0.2, 0.25) is 0 Å². The van der Waals surface area contributed by atoms with Crippen LogP contribution in [0.3, 0.4) is 0 Å². The molecule has 0 aliphatic heterocycles. The van der Waals surface area contributed by atoms with Crippen molar-refractivity contribution in [2.75, 3.05) is 0 Å². The molecule has 0 aliphatic carbocycles.